The van der Waals surface area contributed by atoms with Gasteiger partial charge in [-0.25, -0.2) is 9.97 Å². The third-order valence-electron chi connectivity index (χ3n) is 4.50. The standard InChI is InChI=1S/C13H20N4/c1-8(11-5-9-2-3-10(11)4-9)17-13-6-12(14)15-7-16-13/h6-11H,2-5H2,1H3,(H3,14,15,16,17). The summed E-state index contributed by atoms with van der Waals surface area (Å²) in [4.78, 5) is 8.12. The average molecular weight is 232 g/mol. The van der Waals surface area contributed by atoms with Crippen LogP contribution in [0.2, 0.25) is 0 Å². The van der Waals surface area contributed by atoms with E-state index in [1.807, 2.05) is 6.07 Å². The molecule has 4 atom stereocenters. The number of hydrogen-bond donors (Lipinski definition) is 2. The Hall–Kier alpha value is -1.32. The summed E-state index contributed by atoms with van der Waals surface area (Å²) in [6, 6.07) is 2.29. The molecule has 2 aliphatic carbocycles. The number of nitrogens with one attached hydrogen (secondary N) is 1. The highest BCUT2D eigenvalue weighted by Crippen LogP contribution is 2.49. The van der Waals surface area contributed by atoms with Gasteiger partial charge in [0.25, 0.3) is 0 Å². The Kier molecular flexibility index (Phi) is 2.65. The smallest absolute Gasteiger partial charge is 0.131 e. The maximum Gasteiger partial charge on any atom is 0.131 e. The number of rotatable bonds is 3. The summed E-state index contributed by atoms with van der Waals surface area (Å²) in [5.41, 5.74) is 5.66. The Balaban J connectivity index is 1.65. The van der Waals surface area contributed by atoms with Crippen molar-refractivity contribution in [2.45, 2.75) is 38.6 Å². The van der Waals surface area contributed by atoms with Crippen molar-refractivity contribution < 1.29 is 0 Å². The molecule has 0 saturated heterocycles. The van der Waals surface area contributed by atoms with Crippen molar-refractivity contribution in [3.05, 3.63) is 12.4 Å². The van der Waals surface area contributed by atoms with Crippen LogP contribution in [0.3, 0.4) is 0 Å². The quantitative estimate of drug-likeness (QED) is 0.839. The molecule has 92 valence electrons. The zero-order valence-electron chi connectivity index (χ0n) is 10.3. The third kappa shape index (κ3) is 2.08. The van der Waals surface area contributed by atoms with Crippen LogP contribution in [0, 0.1) is 17.8 Å². The fourth-order valence-corrected chi connectivity index (χ4v) is 3.70. The number of nitrogen functional groups attached to an aromatic ring is 1. The van der Waals surface area contributed by atoms with Gasteiger partial charge in [0.2, 0.25) is 0 Å². The first-order valence-corrected chi connectivity index (χ1v) is 6.56. The van der Waals surface area contributed by atoms with Gasteiger partial charge in [0.1, 0.15) is 18.0 Å². The Morgan fingerprint density at radius 1 is 1.35 bits per heavy atom. The summed E-state index contributed by atoms with van der Waals surface area (Å²) in [5.74, 6) is 4.12. The predicted octanol–water partition coefficient (Wildman–Crippen LogP) is 2.30. The third-order valence-corrected chi connectivity index (χ3v) is 4.50. The summed E-state index contributed by atoms with van der Waals surface area (Å²) in [6.07, 6.45) is 7.23. The van der Waals surface area contributed by atoms with Gasteiger partial charge in [-0.1, -0.05) is 6.42 Å². The van der Waals surface area contributed by atoms with Crippen LogP contribution in [0.1, 0.15) is 32.6 Å². The lowest BCUT2D eigenvalue weighted by molar-refractivity contribution is 0.304. The second-order valence-electron chi connectivity index (χ2n) is 5.60. The second-order valence-corrected chi connectivity index (χ2v) is 5.60. The van der Waals surface area contributed by atoms with E-state index in [2.05, 4.69) is 22.2 Å². The van der Waals surface area contributed by atoms with Crippen LogP contribution >= 0.6 is 0 Å². The van der Waals surface area contributed by atoms with E-state index < -0.39 is 0 Å². The summed E-state index contributed by atoms with van der Waals surface area (Å²) < 4.78 is 0. The molecule has 17 heavy (non-hydrogen) atoms. The van der Waals surface area contributed by atoms with E-state index in [1.54, 1.807) is 0 Å². The largest absolute Gasteiger partial charge is 0.384 e. The normalized spacial score (nSPS) is 32.6. The Morgan fingerprint density at radius 2 is 2.24 bits per heavy atom. The molecule has 2 fully saturated rings. The molecular formula is C13H20N4. The van der Waals surface area contributed by atoms with E-state index >= 15 is 0 Å². The average Bonchev–Trinajstić information content (AvgIpc) is 2.90. The molecule has 3 rings (SSSR count). The number of hydrogen-bond acceptors (Lipinski definition) is 4. The van der Waals surface area contributed by atoms with E-state index in [0.717, 1.165) is 23.6 Å². The minimum Gasteiger partial charge on any atom is -0.384 e. The van der Waals surface area contributed by atoms with E-state index in [0.29, 0.717) is 11.9 Å². The van der Waals surface area contributed by atoms with Crippen molar-refractivity contribution in [3.8, 4) is 0 Å². The zero-order chi connectivity index (χ0) is 11.8. The molecule has 2 saturated carbocycles. The van der Waals surface area contributed by atoms with Crippen molar-refractivity contribution in [3.63, 3.8) is 0 Å². The van der Waals surface area contributed by atoms with Crippen LogP contribution in [0.15, 0.2) is 12.4 Å². The van der Waals surface area contributed by atoms with Crippen LogP contribution in [-0.2, 0) is 0 Å². The van der Waals surface area contributed by atoms with E-state index in [-0.39, 0.29) is 0 Å². The van der Waals surface area contributed by atoms with Gasteiger partial charge in [0, 0.05) is 12.1 Å². The van der Waals surface area contributed by atoms with Gasteiger partial charge in [-0.2, -0.15) is 0 Å². The molecular weight excluding hydrogens is 212 g/mol. The van der Waals surface area contributed by atoms with E-state index in [4.69, 9.17) is 5.73 Å². The number of nitrogens with two attached hydrogens (primary N) is 1. The highest BCUT2D eigenvalue weighted by Gasteiger charge is 2.41. The molecule has 0 amide bonds. The maximum absolute atomic E-state index is 5.66. The molecule has 0 aliphatic heterocycles. The first-order valence-electron chi connectivity index (χ1n) is 6.56. The van der Waals surface area contributed by atoms with Gasteiger partial charge in [0.15, 0.2) is 0 Å². The zero-order valence-corrected chi connectivity index (χ0v) is 10.3. The molecule has 2 bridgehead atoms. The molecule has 0 radical (unpaired) electrons. The Morgan fingerprint density at radius 3 is 2.88 bits per heavy atom. The molecule has 0 aromatic carbocycles. The fourth-order valence-electron chi connectivity index (χ4n) is 3.70. The maximum atomic E-state index is 5.66. The van der Waals surface area contributed by atoms with Gasteiger partial charge in [-0.05, 0) is 43.9 Å². The van der Waals surface area contributed by atoms with Crippen LogP contribution in [0.5, 0.6) is 0 Å². The topological polar surface area (TPSA) is 63.8 Å². The minimum atomic E-state index is 0.486. The first kappa shape index (κ1) is 10.8. The summed E-state index contributed by atoms with van der Waals surface area (Å²) in [6.45, 7) is 2.27. The molecule has 4 nitrogen and oxygen atoms in total. The SMILES string of the molecule is CC(Nc1cc(N)ncn1)C1CC2CCC1C2. The monoisotopic (exact) mass is 232 g/mol. The van der Waals surface area contributed by atoms with Gasteiger partial charge in [-0.3, -0.25) is 0 Å². The summed E-state index contributed by atoms with van der Waals surface area (Å²) in [5, 5.41) is 3.48. The van der Waals surface area contributed by atoms with Gasteiger partial charge in [0.05, 0.1) is 0 Å². The lowest BCUT2D eigenvalue weighted by atomic mass is 9.84. The van der Waals surface area contributed by atoms with Crippen molar-refractivity contribution in [2.24, 2.45) is 17.8 Å². The molecule has 2 aliphatic rings. The molecule has 1 aromatic heterocycles. The minimum absolute atomic E-state index is 0.486. The van der Waals surface area contributed by atoms with Crippen molar-refractivity contribution in [1.29, 1.82) is 0 Å². The lowest BCUT2D eigenvalue weighted by Crippen LogP contribution is -2.30. The molecule has 4 heteroatoms. The number of nitrogens with zero attached hydrogens (tertiary/aromatic N) is 2. The number of fused-ring (bicyclic) bond motifs is 2. The first-order chi connectivity index (χ1) is 8.22. The second kappa shape index (κ2) is 4.17. The highest BCUT2D eigenvalue weighted by molar-refractivity contribution is 5.43. The molecule has 0 spiro atoms. The molecule has 4 unspecified atom stereocenters. The fraction of sp³-hybridized carbons (Fsp3) is 0.692. The van der Waals surface area contributed by atoms with Gasteiger partial charge >= 0.3 is 0 Å². The van der Waals surface area contributed by atoms with Crippen LogP contribution in [-0.4, -0.2) is 16.0 Å². The van der Waals surface area contributed by atoms with Crippen molar-refractivity contribution in [2.75, 3.05) is 11.1 Å². The van der Waals surface area contributed by atoms with Crippen LogP contribution in [0.4, 0.5) is 11.6 Å². The van der Waals surface area contributed by atoms with Crippen LogP contribution < -0.4 is 11.1 Å². The van der Waals surface area contributed by atoms with E-state index in [1.165, 1.54) is 32.0 Å². The van der Waals surface area contributed by atoms with Crippen molar-refractivity contribution in [1.82, 2.24) is 9.97 Å². The molecule has 1 heterocycles. The van der Waals surface area contributed by atoms with Crippen LogP contribution in [0.25, 0.3) is 0 Å². The lowest BCUT2D eigenvalue weighted by Gasteiger charge is -2.28. The Bertz CT molecular complexity index is 406. The van der Waals surface area contributed by atoms with E-state index in [9.17, 15) is 0 Å². The van der Waals surface area contributed by atoms with Gasteiger partial charge in [-0.15, -0.1) is 0 Å². The van der Waals surface area contributed by atoms with Crippen molar-refractivity contribution >= 4 is 11.6 Å². The number of anilines is 2. The Labute approximate surface area is 102 Å². The molecule has 1 aromatic rings. The molecule has 3 N–H and O–H groups in total. The predicted molar refractivity (Wildman–Crippen MR) is 68.5 cm³/mol. The highest BCUT2D eigenvalue weighted by atomic mass is 15.0. The summed E-state index contributed by atoms with van der Waals surface area (Å²) in [7, 11) is 0. The number of aromatic nitrogens is 2. The van der Waals surface area contributed by atoms with Gasteiger partial charge < -0.3 is 11.1 Å². The summed E-state index contributed by atoms with van der Waals surface area (Å²) >= 11 is 0.